The maximum Gasteiger partial charge on any atom is 0.336 e. The molecule has 0 atom stereocenters. The third-order valence-electron chi connectivity index (χ3n) is 3.11. The van der Waals surface area contributed by atoms with E-state index in [1.54, 1.807) is 23.0 Å². The quantitative estimate of drug-likeness (QED) is 0.788. The van der Waals surface area contributed by atoms with E-state index in [0.29, 0.717) is 21.1 Å². The van der Waals surface area contributed by atoms with Crippen LogP contribution >= 0.6 is 22.9 Å². The van der Waals surface area contributed by atoms with Gasteiger partial charge in [0, 0.05) is 6.04 Å². The van der Waals surface area contributed by atoms with Crippen molar-refractivity contribution in [3.8, 4) is 10.6 Å². The Kier molecular flexibility index (Phi) is 3.43. The number of rotatable bonds is 3. The molecule has 0 radical (unpaired) electrons. The summed E-state index contributed by atoms with van der Waals surface area (Å²) in [5, 5.41) is 14.2. The second-order valence-corrected chi connectivity index (χ2v) is 6.60. The van der Waals surface area contributed by atoms with Crippen molar-refractivity contribution < 1.29 is 9.90 Å². The second kappa shape index (κ2) is 5.13. The van der Waals surface area contributed by atoms with E-state index in [1.165, 1.54) is 11.3 Å². The molecule has 0 unspecified atom stereocenters. The summed E-state index contributed by atoms with van der Waals surface area (Å²) in [7, 11) is 0. The summed E-state index contributed by atoms with van der Waals surface area (Å²) in [6, 6.07) is 5.27. The van der Waals surface area contributed by atoms with Gasteiger partial charge in [-0.05, 0) is 32.0 Å². The van der Waals surface area contributed by atoms with E-state index in [0.717, 1.165) is 4.88 Å². The van der Waals surface area contributed by atoms with Crippen LogP contribution in [0.4, 0.5) is 0 Å². The van der Waals surface area contributed by atoms with Crippen LogP contribution in [0.25, 0.3) is 21.6 Å². The van der Waals surface area contributed by atoms with Crippen LogP contribution in [0.1, 0.15) is 30.2 Å². The lowest BCUT2D eigenvalue weighted by Crippen LogP contribution is -2.05. The largest absolute Gasteiger partial charge is 0.478 e. The molecule has 3 aromatic rings. The summed E-state index contributed by atoms with van der Waals surface area (Å²) in [6.07, 6.45) is 1.55. The van der Waals surface area contributed by atoms with Gasteiger partial charge >= 0.3 is 5.97 Å². The smallest absolute Gasteiger partial charge is 0.336 e. The highest BCUT2D eigenvalue weighted by Gasteiger charge is 2.18. The minimum absolute atomic E-state index is 0.0961. The van der Waals surface area contributed by atoms with Crippen molar-refractivity contribution in [2.75, 3.05) is 0 Å². The summed E-state index contributed by atoms with van der Waals surface area (Å²) in [5.74, 6) is -0.991. The van der Waals surface area contributed by atoms with E-state index < -0.39 is 5.97 Å². The molecule has 0 aliphatic rings. The molecule has 1 N–H and O–H groups in total. The number of hydrogen-bond acceptors (Lipinski definition) is 4. The highest BCUT2D eigenvalue weighted by atomic mass is 35.5. The third kappa shape index (κ3) is 2.41. The van der Waals surface area contributed by atoms with E-state index in [2.05, 4.69) is 10.1 Å². The van der Waals surface area contributed by atoms with E-state index in [4.69, 9.17) is 11.6 Å². The van der Waals surface area contributed by atoms with E-state index in [-0.39, 0.29) is 11.6 Å². The van der Waals surface area contributed by atoms with Crippen LogP contribution in [-0.4, -0.2) is 25.8 Å². The highest BCUT2D eigenvalue weighted by Crippen LogP contribution is 2.32. The predicted octanol–water partition coefficient (Wildman–Crippen LogP) is 4.09. The molecule has 5 nitrogen and oxygen atoms in total. The lowest BCUT2D eigenvalue weighted by Gasteiger charge is -2.08. The molecule has 3 heterocycles. The fraction of sp³-hybridized carbons (Fsp3) is 0.214. The minimum Gasteiger partial charge on any atom is -0.478 e. The van der Waals surface area contributed by atoms with Crippen LogP contribution in [0.3, 0.4) is 0 Å². The monoisotopic (exact) mass is 321 g/mol. The normalized spacial score (nSPS) is 11.4. The molecule has 7 heteroatoms. The molecule has 3 aromatic heterocycles. The van der Waals surface area contributed by atoms with Gasteiger partial charge in [-0.15, -0.1) is 11.3 Å². The molecule has 0 fully saturated rings. The van der Waals surface area contributed by atoms with Gasteiger partial charge in [-0.25, -0.2) is 14.5 Å². The number of thiophene rings is 1. The Morgan fingerprint density at radius 2 is 2.19 bits per heavy atom. The topological polar surface area (TPSA) is 68.0 Å². The molecular weight excluding hydrogens is 310 g/mol. The van der Waals surface area contributed by atoms with Gasteiger partial charge in [0.1, 0.15) is 0 Å². The summed E-state index contributed by atoms with van der Waals surface area (Å²) >= 11 is 7.32. The van der Waals surface area contributed by atoms with Gasteiger partial charge in [-0.2, -0.15) is 5.10 Å². The molecule has 3 rings (SSSR count). The number of nitrogens with zero attached hydrogens (tertiary/aromatic N) is 3. The van der Waals surface area contributed by atoms with Crippen molar-refractivity contribution in [1.29, 1.82) is 0 Å². The average Bonchev–Trinajstić information content (AvgIpc) is 3.03. The van der Waals surface area contributed by atoms with Crippen LogP contribution in [0.5, 0.6) is 0 Å². The maximum atomic E-state index is 11.5. The van der Waals surface area contributed by atoms with Gasteiger partial charge in [0.25, 0.3) is 0 Å². The number of carboxylic acids is 1. The first-order chi connectivity index (χ1) is 9.97. The second-order valence-electron chi connectivity index (χ2n) is 4.88. The van der Waals surface area contributed by atoms with Crippen LogP contribution in [-0.2, 0) is 0 Å². The highest BCUT2D eigenvalue weighted by molar-refractivity contribution is 7.19. The lowest BCUT2D eigenvalue weighted by molar-refractivity contribution is 0.0699. The molecule has 0 aromatic carbocycles. The summed E-state index contributed by atoms with van der Waals surface area (Å²) in [6.45, 7) is 3.95. The number of carboxylic acid groups (broad SMARTS) is 1. The number of halogens is 1. The van der Waals surface area contributed by atoms with Gasteiger partial charge in [0.05, 0.1) is 32.1 Å². The number of aromatic nitrogens is 3. The zero-order valence-electron chi connectivity index (χ0n) is 11.4. The number of pyridine rings is 1. The molecule has 0 saturated carbocycles. The van der Waals surface area contributed by atoms with Crippen molar-refractivity contribution in [2.45, 2.75) is 19.9 Å². The summed E-state index contributed by atoms with van der Waals surface area (Å²) < 4.78 is 2.36. The Balaban J connectivity index is 2.31. The minimum atomic E-state index is -0.991. The Hall–Kier alpha value is -1.92. The van der Waals surface area contributed by atoms with E-state index >= 15 is 0 Å². The standard InChI is InChI=1S/C14H12ClN3O2S/c1-7(2)18-13-9(6-16-18)8(14(19)20)5-10(17-13)11-3-4-12(15)21-11/h3-7H,1-2H3,(H,19,20). The SMILES string of the molecule is CC(C)n1ncc2c(C(=O)O)cc(-c3ccc(Cl)s3)nc21. The Labute approximate surface area is 129 Å². The van der Waals surface area contributed by atoms with Gasteiger partial charge in [-0.1, -0.05) is 11.6 Å². The van der Waals surface area contributed by atoms with Crippen molar-refractivity contribution >= 4 is 39.9 Å². The number of carbonyl (C=O) groups is 1. The van der Waals surface area contributed by atoms with E-state index in [1.807, 2.05) is 19.9 Å². The Morgan fingerprint density at radius 1 is 1.43 bits per heavy atom. The summed E-state index contributed by atoms with van der Waals surface area (Å²) in [5.41, 5.74) is 1.37. The van der Waals surface area contributed by atoms with Crippen LogP contribution in [0.15, 0.2) is 24.4 Å². The Bertz CT molecular complexity index is 838. The number of fused-ring (bicyclic) bond motifs is 1. The average molecular weight is 322 g/mol. The summed E-state index contributed by atoms with van der Waals surface area (Å²) in [4.78, 5) is 16.9. The first kappa shape index (κ1) is 14.0. The van der Waals surface area contributed by atoms with Crippen LogP contribution in [0.2, 0.25) is 4.34 Å². The van der Waals surface area contributed by atoms with Crippen LogP contribution in [0, 0.1) is 0 Å². The van der Waals surface area contributed by atoms with Crippen molar-refractivity contribution in [3.05, 3.63) is 34.3 Å². The van der Waals surface area contributed by atoms with E-state index in [9.17, 15) is 9.90 Å². The first-order valence-electron chi connectivity index (χ1n) is 6.34. The number of hydrogen-bond donors (Lipinski definition) is 1. The predicted molar refractivity (Wildman–Crippen MR) is 83.2 cm³/mol. The molecule has 21 heavy (non-hydrogen) atoms. The molecule has 0 aliphatic heterocycles. The molecule has 0 aliphatic carbocycles. The third-order valence-corrected chi connectivity index (χ3v) is 4.37. The molecule has 0 saturated heterocycles. The zero-order chi connectivity index (χ0) is 15.1. The molecule has 0 bridgehead atoms. The fourth-order valence-corrected chi connectivity index (χ4v) is 3.15. The lowest BCUT2D eigenvalue weighted by atomic mass is 10.1. The van der Waals surface area contributed by atoms with Crippen molar-refractivity contribution in [3.63, 3.8) is 0 Å². The Morgan fingerprint density at radius 3 is 2.76 bits per heavy atom. The molecule has 108 valence electrons. The van der Waals surface area contributed by atoms with Gasteiger partial charge in [0.2, 0.25) is 0 Å². The molecular formula is C14H12ClN3O2S. The van der Waals surface area contributed by atoms with Gasteiger partial charge < -0.3 is 5.11 Å². The van der Waals surface area contributed by atoms with Gasteiger partial charge in [0.15, 0.2) is 5.65 Å². The molecule has 0 amide bonds. The number of aromatic carboxylic acids is 1. The van der Waals surface area contributed by atoms with Crippen molar-refractivity contribution in [1.82, 2.24) is 14.8 Å². The molecule has 0 spiro atoms. The first-order valence-corrected chi connectivity index (χ1v) is 7.54. The zero-order valence-corrected chi connectivity index (χ0v) is 12.9. The van der Waals surface area contributed by atoms with Crippen molar-refractivity contribution in [2.24, 2.45) is 0 Å². The maximum absolute atomic E-state index is 11.5. The van der Waals surface area contributed by atoms with Crippen LogP contribution < -0.4 is 0 Å². The fourth-order valence-electron chi connectivity index (χ4n) is 2.15. The van der Waals surface area contributed by atoms with Gasteiger partial charge in [-0.3, -0.25) is 0 Å².